The first-order valence-corrected chi connectivity index (χ1v) is 10.9. The second-order valence-electron chi connectivity index (χ2n) is 7.85. The van der Waals surface area contributed by atoms with E-state index >= 15 is 0 Å². The van der Waals surface area contributed by atoms with Crippen LogP contribution >= 0.6 is 11.3 Å². The number of aryl methyl sites for hydroxylation is 1. The second kappa shape index (κ2) is 7.55. The Bertz CT molecular complexity index is 722. The van der Waals surface area contributed by atoms with Crippen LogP contribution < -0.4 is 0 Å². The molecule has 1 aliphatic heterocycles. The van der Waals surface area contributed by atoms with Crippen LogP contribution in [0, 0.1) is 5.92 Å². The number of rotatable bonds is 5. The minimum Gasteiger partial charge on any atom is -0.342 e. The van der Waals surface area contributed by atoms with E-state index in [0.717, 1.165) is 51.7 Å². The predicted molar refractivity (Wildman–Crippen MR) is 105 cm³/mol. The molecule has 0 N–H and O–H groups in total. The first-order chi connectivity index (χ1) is 12.7. The van der Waals surface area contributed by atoms with Gasteiger partial charge in [-0.1, -0.05) is 25.8 Å². The Hall–Kier alpha value is -1.62. The fourth-order valence-corrected chi connectivity index (χ4v) is 5.79. The summed E-state index contributed by atoms with van der Waals surface area (Å²) in [5.74, 6) is 2.22. The standard InChI is InChI=1S/C21H29N3OS/c1-2-19-22-11-14-24(19)16-17-7-12-23(13-8-17)20(25)21(9-3-4-10-21)18-6-5-15-26-18/h5-6,11,14-15,17H,2-4,7-10,12-13,16H2,1H3. The molecule has 2 fully saturated rings. The highest BCUT2D eigenvalue weighted by Crippen LogP contribution is 2.45. The zero-order chi connectivity index (χ0) is 18.0. The number of hydrogen-bond donors (Lipinski definition) is 0. The zero-order valence-electron chi connectivity index (χ0n) is 15.7. The smallest absolute Gasteiger partial charge is 0.234 e. The lowest BCUT2D eigenvalue weighted by atomic mass is 9.82. The lowest BCUT2D eigenvalue weighted by molar-refractivity contribution is -0.138. The van der Waals surface area contributed by atoms with Gasteiger partial charge in [-0.05, 0) is 43.0 Å². The first-order valence-electron chi connectivity index (χ1n) is 10.1. The molecule has 0 radical (unpaired) electrons. The summed E-state index contributed by atoms with van der Waals surface area (Å²) in [5, 5.41) is 2.12. The zero-order valence-corrected chi connectivity index (χ0v) is 16.5. The van der Waals surface area contributed by atoms with Crippen LogP contribution in [0.4, 0.5) is 0 Å². The number of hydrogen-bond acceptors (Lipinski definition) is 3. The molecule has 0 spiro atoms. The Kier molecular flexibility index (Phi) is 5.16. The van der Waals surface area contributed by atoms with Crippen molar-refractivity contribution in [1.82, 2.24) is 14.5 Å². The molecular weight excluding hydrogens is 342 g/mol. The van der Waals surface area contributed by atoms with Crippen molar-refractivity contribution in [3.05, 3.63) is 40.6 Å². The number of likely N-dealkylation sites (tertiary alicyclic amines) is 1. The molecule has 1 saturated carbocycles. The van der Waals surface area contributed by atoms with Gasteiger partial charge < -0.3 is 9.47 Å². The van der Waals surface area contributed by atoms with Crippen molar-refractivity contribution in [2.75, 3.05) is 13.1 Å². The normalized spacial score (nSPS) is 20.6. The molecule has 0 unspecified atom stereocenters. The van der Waals surface area contributed by atoms with Gasteiger partial charge in [0.25, 0.3) is 0 Å². The van der Waals surface area contributed by atoms with Crippen molar-refractivity contribution in [3.8, 4) is 0 Å². The summed E-state index contributed by atoms with van der Waals surface area (Å²) in [6.07, 6.45) is 11.6. The van der Waals surface area contributed by atoms with Gasteiger partial charge in [-0.15, -0.1) is 11.3 Å². The van der Waals surface area contributed by atoms with Crippen molar-refractivity contribution in [3.63, 3.8) is 0 Å². The summed E-state index contributed by atoms with van der Waals surface area (Å²) >= 11 is 1.76. The molecule has 0 atom stereocenters. The topological polar surface area (TPSA) is 38.1 Å². The minimum absolute atomic E-state index is 0.221. The molecule has 2 aliphatic rings. The van der Waals surface area contributed by atoms with E-state index in [1.807, 2.05) is 6.20 Å². The molecule has 1 aliphatic carbocycles. The fourth-order valence-electron chi connectivity index (χ4n) is 4.82. The Morgan fingerprint density at radius 2 is 2.08 bits per heavy atom. The summed E-state index contributed by atoms with van der Waals surface area (Å²) in [6.45, 7) is 5.02. The Morgan fingerprint density at radius 1 is 1.31 bits per heavy atom. The van der Waals surface area contributed by atoms with Gasteiger partial charge in [0.2, 0.25) is 5.91 Å². The van der Waals surface area contributed by atoms with Crippen LogP contribution in [0.25, 0.3) is 0 Å². The molecule has 4 nitrogen and oxygen atoms in total. The van der Waals surface area contributed by atoms with Crippen LogP contribution in [-0.2, 0) is 23.2 Å². The van der Waals surface area contributed by atoms with E-state index in [-0.39, 0.29) is 5.41 Å². The van der Waals surface area contributed by atoms with Gasteiger partial charge in [-0.3, -0.25) is 4.79 Å². The molecule has 4 rings (SSSR count). The predicted octanol–water partition coefficient (Wildman–Crippen LogP) is 4.26. The molecule has 1 amide bonds. The number of nitrogens with zero attached hydrogens (tertiary/aromatic N) is 3. The number of amides is 1. The number of thiophene rings is 1. The van der Waals surface area contributed by atoms with Crippen LogP contribution in [0.3, 0.4) is 0 Å². The van der Waals surface area contributed by atoms with E-state index in [4.69, 9.17) is 0 Å². The molecule has 0 bridgehead atoms. The van der Waals surface area contributed by atoms with Crippen molar-refractivity contribution in [1.29, 1.82) is 0 Å². The summed E-state index contributed by atoms with van der Waals surface area (Å²) in [7, 11) is 0. The van der Waals surface area contributed by atoms with Crippen molar-refractivity contribution >= 4 is 17.2 Å². The van der Waals surface area contributed by atoms with Crippen LogP contribution in [0.2, 0.25) is 0 Å². The lowest BCUT2D eigenvalue weighted by Crippen LogP contribution is -2.48. The van der Waals surface area contributed by atoms with E-state index in [9.17, 15) is 4.79 Å². The van der Waals surface area contributed by atoms with E-state index in [1.165, 1.54) is 23.5 Å². The molecule has 2 aromatic rings. The maximum Gasteiger partial charge on any atom is 0.234 e. The van der Waals surface area contributed by atoms with E-state index in [2.05, 4.69) is 45.1 Å². The maximum absolute atomic E-state index is 13.5. The highest BCUT2D eigenvalue weighted by Gasteiger charge is 2.46. The molecule has 5 heteroatoms. The summed E-state index contributed by atoms with van der Waals surface area (Å²) < 4.78 is 2.30. The van der Waals surface area contributed by atoms with Crippen LogP contribution in [-0.4, -0.2) is 33.4 Å². The van der Waals surface area contributed by atoms with Gasteiger partial charge in [0, 0.05) is 43.3 Å². The third kappa shape index (κ3) is 3.22. The van der Waals surface area contributed by atoms with Gasteiger partial charge >= 0.3 is 0 Å². The van der Waals surface area contributed by atoms with Crippen molar-refractivity contribution in [2.24, 2.45) is 5.92 Å². The highest BCUT2D eigenvalue weighted by atomic mass is 32.1. The summed E-state index contributed by atoms with van der Waals surface area (Å²) in [4.78, 5) is 21.3. The number of aromatic nitrogens is 2. The van der Waals surface area contributed by atoms with Crippen molar-refractivity contribution in [2.45, 2.75) is 63.8 Å². The maximum atomic E-state index is 13.5. The second-order valence-corrected chi connectivity index (χ2v) is 8.80. The Morgan fingerprint density at radius 3 is 2.73 bits per heavy atom. The van der Waals surface area contributed by atoms with Gasteiger partial charge in [-0.25, -0.2) is 4.98 Å². The summed E-state index contributed by atoms with van der Waals surface area (Å²) in [6, 6.07) is 4.27. The van der Waals surface area contributed by atoms with Gasteiger partial charge in [0.1, 0.15) is 5.82 Å². The summed E-state index contributed by atoms with van der Waals surface area (Å²) in [5.41, 5.74) is -0.221. The van der Waals surface area contributed by atoms with E-state index in [1.54, 1.807) is 11.3 Å². The number of imidazole rings is 1. The molecule has 140 valence electrons. The van der Waals surface area contributed by atoms with E-state index in [0.29, 0.717) is 11.8 Å². The monoisotopic (exact) mass is 371 g/mol. The van der Waals surface area contributed by atoms with Crippen molar-refractivity contribution < 1.29 is 4.79 Å². The molecule has 0 aromatic carbocycles. The number of carbonyl (C=O) groups excluding carboxylic acids is 1. The first kappa shape index (κ1) is 17.8. The molecule has 3 heterocycles. The van der Waals surface area contributed by atoms with Gasteiger partial charge in [0.15, 0.2) is 0 Å². The lowest BCUT2D eigenvalue weighted by Gasteiger charge is -2.38. The fraction of sp³-hybridized carbons (Fsp3) is 0.619. The highest BCUT2D eigenvalue weighted by molar-refractivity contribution is 7.10. The Labute approximate surface area is 160 Å². The van der Waals surface area contributed by atoms with Gasteiger partial charge in [0.05, 0.1) is 5.41 Å². The third-order valence-corrected chi connectivity index (χ3v) is 7.41. The minimum atomic E-state index is -0.221. The Balaban J connectivity index is 1.40. The van der Waals surface area contributed by atoms with Crippen LogP contribution in [0.1, 0.15) is 56.2 Å². The largest absolute Gasteiger partial charge is 0.342 e. The van der Waals surface area contributed by atoms with Crippen LogP contribution in [0.15, 0.2) is 29.9 Å². The average molecular weight is 372 g/mol. The SMILES string of the molecule is CCc1nccn1CC1CCN(C(=O)C2(c3cccs3)CCCC2)CC1. The third-order valence-electron chi connectivity index (χ3n) is 6.33. The average Bonchev–Trinajstić information content (AvgIpc) is 3.42. The quantitative estimate of drug-likeness (QED) is 0.788. The molecular formula is C21H29N3OS. The molecule has 26 heavy (non-hydrogen) atoms. The van der Waals surface area contributed by atoms with E-state index < -0.39 is 0 Å². The van der Waals surface area contributed by atoms with Crippen LogP contribution in [0.5, 0.6) is 0 Å². The van der Waals surface area contributed by atoms with Gasteiger partial charge in [-0.2, -0.15) is 0 Å². The molecule has 2 aromatic heterocycles. The number of piperidine rings is 1. The number of carbonyl (C=O) groups is 1. The molecule has 1 saturated heterocycles.